The van der Waals surface area contributed by atoms with Gasteiger partial charge in [0, 0.05) is 5.56 Å². The Hall–Kier alpha value is -1.28. The van der Waals surface area contributed by atoms with E-state index in [1.165, 1.54) is 0 Å². The van der Waals surface area contributed by atoms with Crippen molar-refractivity contribution in [2.24, 2.45) is 0 Å². The summed E-state index contributed by atoms with van der Waals surface area (Å²) in [5.74, 6) is 0. The van der Waals surface area contributed by atoms with Crippen LogP contribution in [0.5, 0.6) is 0 Å². The van der Waals surface area contributed by atoms with E-state index in [4.69, 9.17) is 9.15 Å². The minimum Gasteiger partial charge on any atom is -0.472 e. The van der Waals surface area contributed by atoms with E-state index in [-0.39, 0.29) is 6.10 Å². The Morgan fingerprint density at radius 2 is 2.31 bits per heavy atom. The Labute approximate surface area is 78.5 Å². The molecule has 1 aromatic heterocycles. The Bertz CT molecular complexity index is 249. The second-order valence-corrected chi connectivity index (χ2v) is 2.69. The molecule has 0 aliphatic heterocycles. The number of hydrogen-bond donors (Lipinski definition) is 0. The van der Waals surface area contributed by atoms with Crippen molar-refractivity contribution in [3.63, 3.8) is 0 Å². The van der Waals surface area contributed by atoms with Crippen LogP contribution < -0.4 is 0 Å². The molecule has 0 spiro atoms. The summed E-state index contributed by atoms with van der Waals surface area (Å²) in [5, 5.41) is 0. The normalized spacial score (nSPS) is 12.3. The van der Waals surface area contributed by atoms with Crippen LogP contribution in [0.2, 0.25) is 0 Å². The van der Waals surface area contributed by atoms with Crippen LogP contribution in [0.4, 0.5) is 0 Å². The number of rotatable bonds is 6. The monoisotopic (exact) mass is 178 g/mol. The summed E-state index contributed by atoms with van der Waals surface area (Å²) >= 11 is 0. The van der Waals surface area contributed by atoms with Crippen LogP contribution in [0.3, 0.4) is 0 Å². The van der Waals surface area contributed by atoms with Crippen molar-refractivity contribution < 1.29 is 9.15 Å². The van der Waals surface area contributed by atoms with Gasteiger partial charge in [-0.3, -0.25) is 0 Å². The quantitative estimate of drug-likeness (QED) is 0.624. The van der Waals surface area contributed by atoms with E-state index in [1.54, 1.807) is 18.6 Å². The lowest BCUT2D eigenvalue weighted by molar-refractivity contribution is 0.0762. The summed E-state index contributed by atoms with van der Waals surface area (Å²) < 4.78 is 10.5. The summed E-state index contributed by atoms with van der Waals surface area (Å²) in [6.07, 6.45) is 7.72. The summed E-state index contributed by atoms with van der Waals surface area (Å²) in [6.45, 7) is 7.83. The van der Waals surface area contributed by atoms with Gasteiger partial charge in [-0.1, -0.05) is 12.2 Å². The highest BCUT2D eigenvalue weighted by Crippen LogP contribution is 2.21. The first-order chi connectivity index (χ1) is 6.38. The molecule has 0 amide bonds. The molecule has 0 saturated carbocycles. The third-order valence-corrected chi connectivity index (χ3v) is 1.71. The van der Waals surface area contributed by atoms with Crippen LogP contribution in [0.1, 0.15) is 18.1 Å². The van der Waals surface area contributed by atoms with Gasteiger partial charge in [0.25, 0.3) is 0 Å². The Morgan fingerprint density at radius 3 is 2.85 bits per heavy atom. The van der Waals surface area contributed by atoms with Crippen LogP contribution >= 0.6 is 0 Å². The van der Waals surface area contributed by atoms with Crippen molar-refractivity contribution in [1.29, 1.82) is 0 Å². The van der Waals surface area contributed by atoms with Crippen molar-refractivity contribution >= 4 is 0 Å². The SMILES string of the molecule is C=CCO[C@@H](CC=C)c1ccoc1. The first-order valence-corrected chi connectivity index (χ1v) is 4.24. The van der Waals surface area contributed by atoms with Crippen LogP contribution in [0.25, 0.3) is 0 Å². The van der Waals surface area contributed by atoms with Gasteiger partial charge in [0.15, 0.2) is 0 Å². The molecule has 70 valence electrons. The highest BCUT2D eigenvalue weighted by molar-refractivity contribution is 5.10. The van der Waals surface area contributed by atoms with E-state index >= 15 is 0 Å². The molecular formula is C11H14O2. The third-order valence-electron chi connectivity index (χ3n) is 1.71. The van der Waals surface area contributed by atoms with Crippen LogP contribution in [-0.4, -0.2) is 6.61 Å². The van der Waals surface area contributed by atoms with Crippen LogP contribution in [-0.2, 0) is 4.74 Å². The smallest absolute Gasteiger partial charge is 0.0960 e. The van der Waals surface area contributed by atoms with E-state index in [0.717, 1.165) is 12.0 Å². The molecule has 0 fully saturated rings. The van der Waals surface area contributed by atoms with Crippen molar-refractivity contribution in [3.05, 3.63) is 49.5 Å². The van der Waals surface area contributed by atoms with E-state index in [9.17, 15) is 0 Å². The van der Waals surface area contributed by atoms with E-state index in [2.05, 4.69) is 13.2 Å². The number of furan rings is 1. The van der Waals surface area contributed by atoms with E-state index < -0.39 is 0 Å². The predicted molar refractivity (Wildman–Crippen MR) is 52.4 cm³/mol. The van der Waals surface area contributed by atoms with Gasteiger partial charge in [-0.15, -0.1) is 13.2 Å². The molecule has 13 heavy (non-hydrogen) atoms. The first kappa shape index (κ1) is 9.81. The fourth-order valence-corrected chi connectivity index (χ4v) is 1.09. The number of ether oxygens (including phenoxy) is 1. The fourth-order valence-electron chi connectivity index (χ4n) is 1.09. The van der Waals surface area contributed by atoms with Gasteiger partial charge in [0.05, 0.1) is 25.2 Å². The highest BCUT2D eigenvalue weighted by Gasteiger charge is 2.10. The minimum absolute atomic E-state index is 0.0363. The molecule has 1 rings (SSSR count). The maximum Gasteiger partial charge on any atom is 0.0960 e. The highest BCUT2D eigenvalue weighted by atomic mass is 16.5. The van der Waals surface area contributed by atoms with Gasteiger partial charge in [-0.05, 0) is 12.5 Å². The van der Waals surface area contributed by atoms with Gasteiger partial charge in [-0.25, -0.2) is 0 Å². The molecule has 0 saturated heterocycles. The van der Waals surface area contributed by atoms with Gasteiger partial charge < -0.3 is 9.15 Å². The zero-order valence-corrected chi connectivity index (χ0v) is 7.61. The summed E-state index contributed by atoms with van der Waals surface area (Å²) in [5.41, 5.74) is 1.04. The van der Waals surface area contributed by atoms with Gasteiger partial charge in [-0.2, -0.15) is 0 Å². The maximum absolute atomic E-state index is 5.53. The minimum atomic E-state index is 0.0363. The van der Waals surface area contributed by atoms with Crippen LogP contribution in [0, 0.1) is 0 Å². The average Bonchev–Trinajstić information content (AvgIpc) is 2.65. The van der Waals surface area contributed by atoms with Crippen molar-refractivity contribution in [2.45, 2.75) is 12.5 Å². The lowest BCUT2D eigenvalue weighted by atomic mass is 10.1. The molecule has 2 nitrogen and oxygen atoms in total. The lowest BCUT2D eigenvalue weighted by Gasteiger charge is -2.12. The molecule has 1 heterocycles. The van der Waals surface area contributed by atoms with Gasteiger partial charge >= 0.3 is 0 Å². The van der Waals surface area contributed by atoms with Crippen molar-refractivity contribution in [2.75, 3.05) is 6.61 Å². The first-order valence-electron chi connectivity index (χ1n) is 4.24. The molecule has 2 heteroatoms. The Kier molecular flexibility index (Phi) is 4.06. The molecule has 0 unspecified atom stereocenters. The summed E-state index contributed by atoms with van der Waals surface area (Å²) in [7, 11) is 0. The van der Waals surface area contributed by atoms with E-state index in [0.29, 0.717) is 6.61 Å². The summed E-state index contributed by atoms with van der Waals surface area (Å²) in [6, 6.07) is 1.90. The largest absolute Gasteiger partial charge is 0.472 e. The average molecular weight is 178 g/mol. The second-order valence-electron chi connectivity index (χ2n) is 2.69. The van der Waals surface area contributed by atoms with Crippen molar-refractivity contribution in [1.82, 2.24) is 0 Å². The fraction of sp³-hybridized carbons (Fsp3) is 0.273. The molecule has 0 bridgehead atoms. The molecule has 1 aromatic rings. The zero-order chi connectivity index (χ0) is 9.52. The standard InChI is InChI=1S/C11H14O2/c1-3-5-11(13-7-4-2)10-6-8-12-9-10/h3-4,6,8-9,11H,1-2,5,7H2/t11-/m0/s1. The molecular weight excluding hydrogens is 164 g/mol. The second kappa shape index (κ2) is 5.38. The van der Waals surface area contributed by atoms with E-state index in [1.807, 2.05) is 12.1 Å². The molecule has 0 radical (unpaired) electrons. The summed E-state index contributed by atoms with van der Waals surface area (Å²) in [4.78, 5) is 0. The molecule has 0 aliphatic rings. The maximum atomic E-state index is 5.53. The molecule has 0 N–H and O–H groups in total. The molecule has 1 atom stereocenters. The Morgan fingerprint density at radius 1 is 1.46 bits per heavy atom. The predicted octanol–water partition coefficient (Wildman–Crippen LogP) is 3.10. The molecule has 0 aromatic carbocycles. The third kappa shape index (κ3) is 2.92. The number of hydrogen-bond acceptors (Lipinski definition) is 2. The van der Waals surface area contributed by atoms with Crippen molar-refractivity contribution in [3.8, 4) is 0 Å². The Balaban J connectivity index is 2.56. The lowest BCUT2D eigenvalue weighted by Crippen LogP contribution is -2.02. The topological polar surface area (TPSA) is 22.4 Å². The zero-order valence-electron chi connectivity index (χ0n) is 7.61. The molecule has 0 aliphatic carbocycles. The van der Waals surface area contributed by atoms with Crippen LogP contribution in [0.15, 0.2) is 48.3 Å². The van der Waals surface area contributed by atoms with Gasteiger partial charge in [0.2, 0.25) is 0 Å². The van der Waals surface area contributed by atoms with Gasteiger partial charge in [0.1, 0.15) is 0 Å².